The van der Waals surface area contributed by atoms with Crippen molar-refractivity contribution in [2.24, 2.45) is 16.2 Å². The number of benzene rings is 1. The maximum atomic E-state index is 13.3. The van der Waals surface area contributed by atoms with Crippen molar-refractivity contribution in [1.82, 2.24) is 24.5 Å². The molecule has 0 amide bonds. The maximum Gasteiger partial charge on any atom is 0.416 e. The van der Waals surface area contributed by atoms with E-state index in [1.54, 1.807) is 24.3 Å². The Hall–Kier alpha value is -4.94. The van der Waals surface area contributed by atoms with Gasteiger partial charge in [0.1, 0.15) is 5.52 Å². The van der Waals surface area contributed by atoms with Crippen LogP contribution in [0, 0.1) is 0 Å². The van der Waals surface area contributed by atoms with Crippen molar-refractivity contribution in [1.29, 1.82) is 0 Å². The van der Waals surface area contributed by atoms with Crippen LogP contribution in [0.2, 0.25) is 0 Å². The Morgan fingerprint density at radius 3 is 2.54 bits per heavy atom. The van der Waals surface area contributed by atoms with Crippen molar-refractivity contribution >= 4 is 27.8 Å². The fourth-order valence-corrected chi connectivity index (χ4v) is 3.65. The quantitative estimate of drug-likeness (QED) is 0.175. The molecule has 10 nitrogen and oxygen atoms in total. The van der Waals surface area contributed by atoms with Crippen molar-refractivity contribution in [2.45, 2.75) is 6.18 Å². The molecule has 5 rings (SSSR count). The highest BCUT2D eigenvalue weighted by molar-refractivity contribution is 6.01. The molecule has 0 saturated carbocycles. The molecule has 0 aliphatic rings. The zero-order chi connectivity index (χ0) is 24.7. The number of hydrogen-bond acceptors (Lipinski definition) is 7. The number of fused-ring (bicyclic) bond motifs is 3. The third kappa shape index (κ3) is 3.88. The van der Waals surface area contributed by atoms with E-state index in [0.717, 1.165) is 16.7 Å². The smallest absolute Gasteiger partial charge is 0.305 e. The molecule has 0 aliphatic heterocycles. The van der Waals surface area contributed by atoms with Gasteiger partial charge in [-0.15, -0.1) is 5.11 Å². The molecule has 0 spiro atoms. The van der Waals surface area contributed by atoms with Gasteiger partial charge in [0.15, 0.2) is 5.82 Å². The van der Waals surface area contributed by atoms with Crippen LogP contribution in [0.15, 0.2) is 80.9 Å². The Labute approximate surface area is 192 Å². The van der Waals surface area contributed by atoms with E-state index in [1.165, 1.54) is 24.5 Å². The van der Waals surface area contributed by atoms with Crippen LogP contribution in [0.25, 0.3) is 38.9 Å². The van der Waals surface area contributed by atoms with Crippen LogP contribution in [0.3, 0.4) is 0 Å². The molecule has 174 valence electrons. The highest BCUT2D eigenvalue weighted by atomic mass is 19.4. The van der Waals surface area contributed by atoms with Crippen molar-refractivity contribution in [2.75, 3.05) is 0 Å². The number of alkyl halides is 3. The van der Waals surface area contributed by atoms with Gasteiger partial charge in [-0.3, -0.25) is 19.3 Å². The third-order valence-corrected chi connectivity index (χ3v) is 5.21. The van der Waals surface area contributed by atoms with E-state index >= 15 is 0 Å². The average Bonchev–Trinajstić information content (AvgIpc) is 2.84. The largest absolute Gasteiger partial charge is 0.416 e. The van der Waals surface area contributed by atoms with Crippen LogP contribution in [0.1, 0.15) is 5.56 Å². The zero-order valence-electron chi connectivity index (χ0n) is 17.5. The zero-order valence-corrected chi connectivity index (χ0v) is 17.5. The summed E-state index contributed by atoms with van der Waals surface area (Å²) in [6.45, 7) is 0. The first-order valence-corrected chi connectivity index (χ1v) is 9.96. The number of hydrogen-bond donors (Lipinski definition) is 2. The lowest BCUT2D eigenvalue weighted by atomic mass is 10.1. The summed E-state index contributed by atoms with van der Waals surface area (Å²) in [5, 5.41) is 6.77. The lowest BCUT2D eigenvalue weighted by molar-refractivity contribution is -0.137. The Morgan fingerprint density at radius 1 is 1.00 bits per heavy atom. The topological polar surface area (TPSA) is 144 Å². The molecule has 0 fully saturated rings. The minimum atomic E-state index is -4.63. The molecule has 0 unspecified atom stereocenters. The fraction of sp³-hybridized carbons (Fsp3) is 0.0455. The molecule has 3 N–H and O–H groups in total. The second kappa shape index (κ2) is 8.13. The number of aromatic nitrogens is 5. The first-order valence-electron chi connectivity index (χ1n) is 9.96. The van der Waals surface area contributed by atoms with Gasteiger partial charge < -0.3 is 5.84 Å². The van der Waals surface area contributed by atoms with Gasteiger partial charge in [0.05, 0.1) is 33.4 Å². The standard InChI is InChI=1S/C22H13F3N8O2/c23-22(24,25)12-2-1-3-13(8-12)33-19-14(20(34)30-21(33)35)10-27-16-6-5-15(29-18(16)19)11-4-7-17(28-9-11)31-32-26/h1-10H,(H2,26,28,31)(H,30,34,35). The van der Waals surface area contributed by atoms with Gasteiger partial charge in [-0.05, 0) is 42.5 Å². The van der Waals surface area contributed by atoms with E-state index in [1.807, 2.05) is 0 Å². The average molecular weight is 478 g/mol. The lowest BCUT2D eigenvalue weighted by Gasteiger charge is -2.14. The number of nitrogens with two attached hydrogens (primary N) is 1. The van der Waals surface area contributed by atoms with Gasteiger partial charge >= 0.3 is 11.9 Å². The summed E-state index contributed by atoms with van der Waals surface area (Å²) < 4.78 is 41.0. The molecule has 0 saturated heterocycles. The molecular weight excluding hydrogens is 465 g/mol. The number of H-pyrrole nitrogens is 1. The SMILES string of the molecule is NN=Nc1ccc(-c2ccc3ncc4c(=O)[nH]c(=O)n(-c5cccc(C(F)(F)F)c5)c4c3n2)cn1. The summed E-state index contributed by atoms with van der Waals surface area (Å²) in [7, 11) is 0. The van der Waals surface area contributed by atoms with E-state index < -0.39 is 23.0 Å². The summed E-state index contributed by atoms with van der Waals surface area (Å²) in [6, 6.07) is 10.7. The van der Waals surface area contributed by atoms with Crippen molar-refractivity contribution < 1.29 is 13.2 Å². The Kier molecular flexibility index (Phi) is 5.08. The summed E-state index contributed by atoms with van der Waals surface area (Å²) in [5.41, 5.74) is -1.23. The minimum absolute atomic E-state index is 0.0176. The lowest BCUT2D eigenvalue weighted by Crippen LogP contribution is -2.29. The van der Waals surface area contributed by atoms with Crippen LogP contribution in [-0.4, -0.2) is 24.5 Å². The summed E-state index contributed by atoms with van der Waals surface area (Å²) in [4.78, 5) is 40.4. The molecule has 0 radical (unpaired) electrons. The van der Waals surface area contributed by atoms with Gasteiger partial charge in [0.25, 0.3) is 5.56 Å². The minimum Gasteiger partial charge on any atom is -0.305 e. The molecular formula is C22H13F3N8O2. The van der Waals surface area contributed by atoms with Crippen LogP contribution >= 0.6 is 0 Å². The second-order valence-electron chi connectivity index (χ2n) is 7.35. The van der Waals surface area contributed by atoms with E-state index in [2.05, 4.69) is 30.3 Å². The molecule has 1 aromatic carbocycles. The van der Waals surface area contributed by atoms with Gasteiger partial charge in [-0.1, -0.05) is 11.3 Å². The van der Waals surface area contributed by atoms with Gasteiger partial charge in [0.2, 0.25) is 0 Å². The number of rotatable bonds is 3. The van der Waals surface area contributed by atoms with E-state index in [4.69, 9.17) is 5.84 Å². The first kappa shape index (κ1) is 21.9. The van der Waals surface area contributed by atoms with E-state index in [0.29, 0.717) is 16.8 Å². The summed E-state index contributed by atoms with van der Waals surface area (Å²) >= 11 is 0. The predicted molar refractivity (Wildman–Crippen MR) is 120 cm³/mol. The highest BCUT2D eigenvalue weighted by Gasteiger charge is 2.31. The van der Waals surface area contributed by atoms with Crippen LogP contribution in [0.4, 0.5) is 19.0 Å². The Bertz CT molecular complexity index is 1740. The van der Waals surface area contributed by atoms with E-state index in [-0.39, 0.29) is 27.9 Å². The second-order valence-corrected chi connectivity index (χ2v) is 7.35. The highest BCUT2D eigenvalue weighted by Crippen LogP contribution is 2.31. The van der Waals surface area contributed by atoms with Crippen LogP contribution in [0.5, 0.6) is 0 Å². The Balaban J connectivity index is 1.82. The molecule has 5 aromatic rings. The molecule has 35 heavy (non-hydrogen) atoms. The van der Waals surface area contributed by atoms with Gasteiger partial charge in [0, 0.05) is 18.0 Å². The molecule has 4 heterocycles. The fourth-order valence-electron chi connectivity index (χ4n) is 3.65. The first-order chi connectivity index (χ1) is 16.8. The molecule has 0 aliphatic carbocycles. The predicted octanol–water partition coefficient (Wildman–Crippen LogP) is 3.66. The van der Waals surface area contributed by atoms with Crippen LogP contribution < -0.4 is 17.1 Å². The number of aromatic amines is 1. The van der Waals surface area contributed by atoms with Crippen molar-refractivity contribution in [3.8, 4) is 16.9 Å². The molecule has 13 heteroatoms. The molecule has 0 bridgehead atoms. The van der Waals surface area contributed by atoms with E-state index in [9.17, 15) is 22.8 Å². The Morgan fingerprint density at radius 2 is 1.83 bits per heavy atom. The summed E-state index contributed by atoms with van der Waals surface area (Å²) in [6.07, 6.45) is -1.91. The van der Waals surface area contributed by atoms with Crippen molar-refractivity contribution in [3.05, 3.63) is 87.3 Å². The number of halogens is 3. The molecule has 4 aromatic heterocycles. The number of nitrogens with one attached hydrogen (secondary N) is 1. The van der Waals surface area contributed by atoms with Crippen molar-refractivity contribution in [3.63, 3.8) is 0 Å². The molecule has 0 atom stereocenters. The summed E-state index contributed by atoms with van der Waals surface area (Å²) in [5.74, 6) is 5.30. The monoisotopic (exact) mass is 478 g/mol. The van der Waals surface area contributed by atoms with Gasteiger partial charge in [-0.25, -0.2) is 14.8 Å². The normalized spacial score (nSPS) is 12.1. The third-order valence-electron chi connectivity index (χ3n) is 5.21. The maximum absolute atomic E-state index is 13.3. The van der Waals surface area contributed by atoms with Crippen LogP contribution in [-0.2, 0) is 6.18 Å². The van der Waals surface area contributed by atoms with Gasteiger partial charge in [-0.2, -0.15) is 13.2 Å². The number of pyridine rings is 3. The number of nitrogens with zero attached hydrogens (tertiary/aromatic N) is 6.